The minimum Gasteiger partial charge on any atom is -0.385 e. The first-order valence-corrected chi connectivity index (χ1v) is 5.69. The highest BCUT2D eigenvalue weighted by Crippen LogP contribution is 2.08. The van der Waals surface area contributed by atoms with Crippen LogP contribution in [0.5, 0.6) is 0 Å². The Balaban J connectivity index is 2.40. The number of rotatable bonds is 7. The topological polar surface area (TPSA) is 63.2 Å². The lowest BCUT2D eigenvalue weighted by molar-refractivity contribution is 0.0958. The van der Waals surface area contributed by atoms with Gasteiger partial charge in [0.15, 0.2) is 0 Å². The summed E-state index contributed by atoms with van der Waals surface area (Å²) in [7, 11) is 3.29. The molecule has 94 valence electrons. The fourth-order valence-electron chi connectivity index (χ4n) is 1.40. The van der Waals surface area contributed by atoms with E-state index in [1.54, 1.807) is 26.4 Å². The van der Waals surface area contributed by atoms with Crippen molar-refractivity contribution in [1.82, 2.24) is 10.3 Å². The Morgan fingerprint density at radius 2 is 2.29 bits per heavy atom. The Morgan fingerprint density at radius 3 is 3.00 bits per heavy atom. The largest absolute Gasteiger partial charge is 0.385 e. The number of amides is 1. The van der Waals surface area contributed by atoms with Crippen molar-refractivity contribution in [1.29, 1.82) is 0 Å². The quantitative estimate of drug-likeness (QED) is 0.701. The van der Waals surface area contributed by atoms with Crippen molar-refractivity contribution in [3.63, 3.8) is 0 Å². The molecule has 0 spiro atoms. The van der Waals surface area contributed by atoms with Gasteiger partial charge in [0.05, 0.1) is 0 Å². The molecule has 1 heterocycles. The number of ether oxygens (including phenoxy) is 1. The highest BCUT2D eigenvalue weighted by molar-refractivity contribution is 5.92. The lowest BCUT2D eigenvalue weighted by atomic mass is 10.2. The van der Waals surface area contributed by atoms with E-state index in [1.807, 2.05) is 6.07 Å². The van der Waals surface area contributed by atoms with Gasteiger partial charge in [-0.25, -0.2) is 0 Å². The number of hydrogen-bond donors (Lipinski definition) is 2. The lowest BCUT2D eigenvalue weighted by Gasteiger charge is -2.07. The summed E-state index contributed by atoms with van der Waals surface area (Å²) in [5.74, 6) is -0.173. The van der Waals surface area contributed by atoms with Crippen molar-refractivity contribution in [2.45, 2.75) is 12.8 Å². The molecule has 2 N–H and O–H groups in total. The maximum Gasteiger partial charge on any atom is 0.269 e. The molecule has 5 nitrogen and oxygen atoms in total. The summed E-state index contributed by atoms with van der Waals surface area (Å²) in [6.45, 7) is 1.64. The summed E-state index contributed by atoms with van der Waals surface area (Å²) in [5, 5.41) is 5.79. The van der Waals surface area contributed by atoms with Gasteiger partial charge in [-0.2, -0.15) is 0 Å². The van der Waals surface area contributed by atoms with Gasteiger partial charge in [-0.15, -0.1) is 0 Å². The van der Waals surface area contributed by atoms with Crippen LogP contribution < -0.4 is 10.6 Å². The molecule has 0 atom stereocenters. The maximum atomic E-state index is 11.4. The van der Waals surface area contributed by atoms with Crippen molar-refractivity contribution in [2.75, 3.05) is 32.6 Å². The van der Waals surface area contributed by atoms with Crippen LogP contribution in [-0.2, 0) is 4.74 Å². The minimum atomic E-state index is -0.173. The standard InChI is InChI=1S/C12H19N3O2/c1-13-12(16)11-9-10(5-7-15-11)14-6-3-4-8-17-2/h5,7,9H,3-4,6,8H2,1-2H3,(H,13,16)(H,14,15). The zero-order valence-corrected chi connectivity index (χ0v) is 10.3. The van der Waals surface area contributed by atoms with Gasteiger partial charge in [0.2, 0.25) is 0 Å². The third-order valence-corrected chi connectivity index (χ3v) is 2.32. The minimum absolute atomic E-state index is 0.173. The summed E-state index contributed by atoms with van der Waals surface area (Å²) in [6.07, 6.45) is 3.68. The van der Waals surface area contributed by atoms with E-state index in [2.05, 4.69) is 15.6 Å². The first kappa shape index (κ1) is 13.4. The molecule has 17 heavy (non-hydrogen) atoms. The van der Waals surface area contributed by atoms with Crippen molar-refractivity contribution in [2.24, 2.45) is 0 Å². The number of hydrogen-bond acceptors (Lipinski definition) is 4. The van der Waals surface area contributed by atoms with E-state index in [-0.39, 0.29) is 5.91 Å². The number of aromatic nitrogens is 1. The second-order valence-electron chi connectivity index (χ2n) is 3.64. The molecule has 0 bridgehead atoms. The third-order valence-electron chi connectivity index (χ3n) is 2.32. The third kappa shape index (κ3) is 4.82. The molecule has 0 aromatic carbocycles. The van der Waals surface area contributed by atoms with Crippen molar-refractivity contribution < 1.29 is 9.53 Å². The zero-order chi connectivity index (χ0) is 12.5. The molecule has 0 aliphatic heterocycles. The van der Waals surface area contributed by atoms with Crippen LogP contribution in [0.3, 0.4) is 0 Å². The lowest BCUT2D eigenvalue weighted by Crippen LogP contribution is -2.19. The van der Waals surface area contributed by atoms with E-state index >= 15 is 0 Å². The number of methoxy groups -OCH3 is 1. The van der Waals surface area contributed by atoms with Crippen molar-refractivity contribution in [3.05, 3.63) is 24.0 Å². The summed E-state index contributed by atoms with van der Waals surface area (Å²) in [5.41, 5.74) is 1.34. The number of carbonyl (C=O) groups is 1. The number of unbranched alkanes of at least 4 members (excludes halogenated alkanes) is 1. The SMILES string of the molecule is CNC(=O)c1cc(NCCCCOC)ccn1. The van der Waals surface area contributed by atoms with Crippen LogP contribution >= 0.6 is 0 Å². The highest BCUT2D eigenvalue weighted by Gasteiger charge is 2.04. The summed E-state index contributed by atoms with van der Waals surface area (Å²) in [6, 6.07) is 3.60. The normalized spacial score (nSPS) is 10.0. The first-order chi connectivity index (χ1) is 8.27. The second kappa shape index (κ2) is 7.62. The molecule has 1 aromatic rings. The number of carbonyl (C=O) groups excluding carboxylic acids is 1. The van der Waals surface area contributed by atoms with Gasteiger partial charge in [-0.3, -0.25) is 9.78 Å². The fourth-order valence-corrected chi connectivity index (χ4v) is 1.40. The van der Waals surface area contributed by atoms with Crippen LogP contribution in [0.15, 0.2) is 18.3 Å². The molecular weight excluding hydrogens is 218 g/mol. The van der Waals surface area contributed by atoms with Gasteiger partial charge < -0.3 is 15.4 Å². The van der Waals surface area contributed by atoms with E-state index in [0.717, 1.165) is 31.7 Å². The van der Waals surface area contributed by atoms with Crippen LogP contribution in [-0.4, -0.2) is 38.2 Å². The number of nitrogens with one attached hydrogen (secondary N) is 2. The van der Waals surface area contributed by atoms with E-state index in [0.29, 0.717) is 5.69 Å². The van der Waals surface area contributed by atoms with Crippen LogP contribution in [0.1, 0.15) is 23.3 Å². The van der Waals surface area contributed by atoms with Gasteiger partial charge in [-0.05, 0) is 25.0 Å². The van der Waals surface area contributed by atoms with Crippen molar-refractivity contribution >= 4 is 11.6 Å². The molecule has 0 radical (unpaired) electrons. The van der Waals surface area contributed by atoms with E-state index in [1.165, 1.54) is 0 Å². The molecule has 0 aliphatic rings. The predicted molar refractivity (Wildman–Crippen MR) is 67.2 cm³/mol. The van der Waals surface area contributed by atoms with E-state index < -0.39 is 0 Å². The van der Waals surface area contributed by atoms with Gasteiger partial charge in [0, 0.05) is 39.2 Å². The average molecular weight is 237 g/mol. The number of pyridine rings is 1. The molecule has 5 heteroatoms. The highest BCUT2D eigenvalue weighted by atomic mass is 16.5. The van der Waals surface area contributed by atoms with Gasteiger partial charge >= 0.3 is 0 Å². The maximum absolute atomic E-state index is 11.4. The van der Waals surface area contributed by atoms with E-state index in [4.69, 9.17) is 4.74 Å². The molecule has 1 aromatic heterocycles. The molecular formula is C12H19N3O2. The Bertz CT molecular complexity index is 355. The molecule has 0 saturated carbocycles. The average Bonchev–Trinajstić information content (AvgIpc) is 2.38. The Kier molecular flexibility index (Phi) is 6.03. The molecule has 1 rings (SSSR count). The number of nitrogens with zero attached hydrogens (tertiary/aromatic N) is 1. The molecule has 0 saturated heterocycles. The fraction of sp³-hybridized carbons (Fsp3) is 0.500. The molecule has 1 amide bonds. The van der Waals surface area contributed by atoms with E-state index in [9.17, 15) is 4.79 Å². The van der Waals surface area contributed by atoms with Crippen molar-refractivity contribution in [3.8, 4) is 0 Å². The van der Waals surface area contributed by atoms with Crippen LogP contribution in [0.2, 0.25) is 0 Å². The van der Waals surface area contributed by atoms with Gasteiger partial charge in [0.1, 0.15) is 5.69 Å². The summed E-state index contributed by atoms with van der Waals surface area (Å²) < 4.78 is 4.97. The van der Waals surface area contributed by atoms with Crippen LogP contribution in [0.25, 0.3) is 0 Å². The summed E-state index contributed by atoms with van der Waals surface area (Å²) in [4.78, 5) is 15.4. The molecule has 0 unspecified atom stereocenters. The Morgan fingerprint density at radius 1 is 1.47 bits per heavy atom. The Labute approximate surface area is 102 Å². The monoisotopic (exact) mass is 237 g/mol. The molecule has 0 aliphatic carbocycles. The second-order valence-corrected chi connectivity index (χ2v) is 3.64. The Hall–Kier alpha value is -1.62. The zero-order valence-electron chi connectivity index (χ0n) is 10.3. The molecule has 0 fully saturated rings. The number of anilines is 1. The predicted octanol–water partition coefficient (Wildman–Crippen LogP) is 1.28. The van der Waals surface area contributed by atoms with Gasteiger partial charge in [0.25, 0.3) is 5.91 Å². The summed E-state index contributed by atoms with van der Waals surface area (Å²) >= 11 is 0. The van der Waals surface area contributed by atoms with Crippen LogP contribution in [0, 0.1) is 0 Å². The van der Waals surface area contributed by atoms with Gasteiger partial charge in [-0.1, -0.05) is 0 Å². The first-order valence-electron chi connectivity index (χ1n) is 5.69. The smallest absolute Gasteiger partial charge is 0.269 e. The van der Waals surface area contributed by atoms with Crippen LogP contribution in [0.4, 0.5) is 5.69 Å².